The van der Waals surface area contributed by atoms with Crippen LogP contribution in [0.3, 0.4) is 0 Å². The summed E-state index contributed by atoms with van der Waals surface area (Å²) in [5.74, 6) is -0.977. The van der Waals surface area contributed by atoms with Gasteiger partial charge in [0.25, 0.3) is 0 Å². The molecule has 0 saturated heterocycles. The molecule has 1 aliphatic carbocycles. The van der Waals surface area contributed by atoms with E-state index < -0.39 is 32.6 Å². The third kappa shape index (κ3) is 3.57. The van der Waals surface area contributed by atoms with Crippen molar-refractivity contribution in [3.05, 3.63) is 59.7 Å². The van der Waals surface area contributed by atoms with Gasteiger partial charge >= 0.3 is 0 Å². The Hall–Kier alpha value is -1.99. The quantitative estimate of drug-likeness (QED) is 0.866. The number of halogens is 2. The Morgan fingerprint density at radius 3 is 2.38 bits per heavy atom. The van der Waals surface area contributed by atoms with Crippen molar-refractivity contribution in [2.75, 3.05) is 7.11 Å². The molecule has 1 saturated carbocycles. The van der Waals surface area contributed by atoms with Crippen LogP contribution in [-0.4, -0.2) is 15.5 Å². The molecular weight excluding hydrogens is 336 g/mol. The van der Waals surface area contributed by atoms with Gasteiger partial charge < -0.3 is 4.74 Å². The molecule has 0 radical (unpaired) electrons. The molecule has 128 valence electrons. The molecule has 1 N–H and O–H groups in total. The van der Waals surface area contributed by atoms with Crippen molar-refractivity contribution in [2.45, 2.75) is 23.8 Å². The van der Waals surface area contributed by atoms with Gasteiger partial charge in [0.05, 0.1) is 7.11 Å². The maximum absolute atomic E-state index is 13.8. The smallest absolute Gasteiger partial charge is 0.244 e. The average molecular weight is 353 g/mol. The van der Waals surface area contributed by atoms with E-state index in [0.717, 1.165) is 30.5 Å². The molecule has 0 aromatic heterocycles. The van der Waals surface area contributed by atoms with Crippen LogP contribution in [0.15, 0.2) is 47.4 Å². The van der Waals surface area contributed by atoms with Crippen molar-refractivity contribution >= 4 is 10.0 Å². The Bertz CT molecular complexity index is 833. The van der Waals surface area contributed by atoms with Gasteiger partial charge in [-0.1, -0.05) is 12.1 Å². The highest BCUT2D eigenvalue weighted by molar-refractivity contribution is 7.89. The Kier molecular flexibility index (Phi) is 4.56. The molecule has 1 atom stereocenters. The van der Waals surface area contributed by atoms with E-state index in [2.05, 4.69) is 4.72 Å². The van der Waals surface area contributed by atoms with Crippen LogP contribution < -0.4 is 9.46 Å². The van der Waals surface area contributed by atoms with E-state index in [1.54, 1.807) is 31.4 Å². The summed E-state index contributed by atoms with van der Waals surface area (Å²) < 4.78 is 59.8. The molecule has 2 aromatic carbocycles. The number of nitrogens with one attached hydrogen (secondary N) is 1. The number of methoxy groups -OCH3 is 1. The minimum Gasteiger partial charge on any atom is -0.497 e. The molecule has 1 fully saturated rings. The highest BCUT2D eigenvalue weighted by Crippen LogP contribution is 2.42. The molecule has 1 unspecified atom stereocenters. The van der Waals surface area contributed by atoms with E-state index in [1.807, 2.05) is 0 Å². The van der Waals surface area contributed by atoms with Gasteiger partial charge in [0.2, 0.25) is 10.0 Å². The summed E-state index contributed by atoms with van der Waals surface area (Å²) in [6.45, 7) is 0. The topological polar surface area (TPSA) is 55.4 Å². The largest absolute Gasteiger partial charge is 0.497 e. The van der Waals surface area contributed by atoms with Crippen LogP contribution in [-0.2, 0) is 10.0 Å². The normalized spacial score (nSPS) is 16.0. The zero-order valence-electron chi connectivity index (χ0n) is 13.0. The zero-order chi connectivity index (χ0) is 17.3. The Labute approximate surface area is 139 Å². The second kappa shape index (κ2) is 6.49. The fourth-order valence-corrected chi connectivity index (χ4v) is 3.97. The Morgan fingerprint density at radius 2 is 1.79 bits per heavy atom. The third-order valence-corrected chi connectivity index (χ3v) is 5.49. The van der Waals surface area contributed by atoms with Crippen LogP contribution in [0, 0.1) is 17.6 Å². The first kappa shape index (κ1) is 16.9. The molecule has 4 nitrogen and oxygen atoms in total. The Morgan fingerprint density at radius 1 is 1.12 bits per heavy atom. The SMILES string of the molecule is COc1ccc(C(NS(=O)(=O)c2cc(F)ccc2F)C2CC2)cc1. The van der Waals surface area contributed by atoms with E-state index >= 15 is 0 Å². The van der Waals surface area contributed by atoms with Crippen molar-refractivity contribution in [3.63, 3.8) is 0 Å². The zero-order valence-corrected chi connectivity index (χ0v) is 13.8. The van der Waals surface area contributed by atoms with Crippen LogP contribution in [0.25, 0.3) is 0 Å². The molecule has 7 heteroatoms. The molecule has 2 aromatic rings. The Balaban J connectivity index is 1.91. The molecule has 0 bridgehead atoms. The third-order valence-electron chi connectivity index (χ3n) is 4.03. The van der Waals surface area contributed by atoms with Crippen molar-refractivity contribution in [1.29, 1.82) is 0 Å². The predicted molar refractivity (Wildman–Crippen MR) is 85.1 cm³/mol. The molecule has 0 amide bonds. The van der Waals surface area contributed by atoms with E-state index in [1.165, 1.54) is 0 Å². The lowest BCUT2D eigenvalue weighted by molar-refractivity contribution is 0.414. The molecular formula is C17H17F2NO3S. The number of rotatable bonds is 6. The van der Waals surface area contributed by atoms with Gasteiger partial charge in [-0.05, 0) is 54.7 Å². The molecule has 1 aliphatic rings. The van der Waals surface area contributed by atoms with Gasteiger partial charge in [-0.25, -0.2) is 21.9 Å². The summed E-state index contributed by atoms with van der Waals surface area (Å²) in [7, 11) is -2.63. The monoisotopic (exact) mass is 353 g/mol. The average Bonchev–Trinajstić information content (AvgIpc) is 3.40. The molecule has 0 heterocycles. The fourth-order valence-electron chi connectivity index (χ4n) is 2.59. The van der Waals surface area contributed by atoms with Crippen molar-refractivity contribution < 1.29 is 21.9 Å². The minimum atomic E-state index is -4.18. The van der Waals surface area contributed by atoms with Gasteiger partial charge in [0.1, 0.15) is 22.3 Å². The first-order valence-corrected chi connectivity index (χ1v) is 9.00. The van der Waals surface area contributed by atoms with E-state index in [0.29, 0.717) is 11.8 Å². The second-order valence-electron chi connectivity index (χ2n) is 5.78. The van der Waals surface area contributed by atoms with E-state index in [9.17, 15) is 17.2 Å². The number of ether oxygens (including phenoxy) is 1. The summed E-state index contributed by atoms with van der Waals surface area (Å²) in [5.41, 5.74) is 0.763. The highest BCUT2D eigenvalue weighted by atomic mass is 32.2. The van der Waals surface area contributed by atoms with Gasteiger partial charge in [0, 0.05) is 6.04 Å². The number of sulfonamides is 1. The van der Waals surface area contributed by atoms with Gasteiger partial charge in [-0.3, -0.25) is 0 Å². The van der Waals surface area contributed by atoms with Crippen molar-refractivity contribution in [1.82, 2.24) is 4.72 Å². The second-order valence-corrected chi connectivity index (χ2v) is 7.47. The first-order chi connectivity index (χ1) is 11.4. The standard InChI is InChI=1S/C17H17F2NO3S/c1-23-14-7-4-12(5-8-14)17(11-2-3-11)20-24(21,22)16-10-13(18)6-9-15(16)19/h4-11,17,20H,2-3H2,1H3. The van der Waals surface area contributed by atoms with Crippen molar-refractivity contribution in [3.8, 4) is 5.75 Å². The summed E-state index contributed by atoms with van der Waals surface area (Å²) in [5, 5.41) is 0. The minimum absolute atomic E-state index is 0.143. The predicted octanol–water partition coefficient (Wildman–Crippen LogP) is 3.40. The molecule has 0 spiro atoms. The highest BCUT2D eigenvalue weighted by Gasteiger charge is 2.36. The number of hydrogen-bond donors (Lipinski definition) is 1. The summed E-state index contributed by atoms with van der Waals surface area (Å²) in [4.78, 5) is -0.679. The van der Waals surface area contributed by atoms with Crippen LogP contribution >= 0.6 is 0 Å². The van der Waals surface area contributed by atoms with Gasteiger partial charge in [-0.2, -0.15) is 0 Å². The number of hydrogen-bond acceptors (Lipinski definition) is 3. The van der Waals surface area contributed by atoms with Gasteiger partial charge in [0.15, 0.2) is 0 Å². The lowest BCUT2D eigenvalue weighted by Crippen LogP contribution is -2.30. The fraction of sp³-hybridized carbons (Fsp3) is 0.294. The van der Waals surface area contributed by atoms with Crippen LogP contribution in [0.1, 0.15) is 24.4 Å². The summed E-state index contributed by atoms with van der Waals surface area (Å²) in [6, 6.07) is 8.92. The van der Waals surface area contributed by atoms with E-state index in [4.69, 9.17) is 4.74 Å². The maximum Gasteiger partial charge on any atom is 0.244 e. The molecule has 0 aliphatic heterocycles. The molecule has 3 rings (SSSR count). The summed E-state index contributed by atoms with van der Waals surface area (Å²) >= 11 is 0. The van der Waals surface area contributed by atoms with E-state index in [-0.39, 0.29) is 5.92 Å². The lowest BCUT2D eigenvalue weighted by atomic mass is 10.0. The first-order valence-electron chi connectivity index (χ1n) is 7.52. The maximum atomic E-state index is 13.8. The van der Waals surface area contributed by atoms with Crippen LogP contribution in [0.2, 0.25) is 0 Å². The lowest BCUT2D eigenvalue weighted by Gasteiger charge is -2.19. The number of benzene rings is 2. The van der Waals surface area contributed by atoms with Crippen molar-refractivity contribution in [2.24, 2.45) is 5.92 Å². The van der Waals surface area contributed by atoms with Crippen LogP contribution in [0.4, 0.5) is 8.78 Å². The van der Waals surface area contributed by atoms with Crippen LogP contribution in [0.5, 0.6) is 5.75 Å². The summed E-state index contributed by atoms with van der Waals surface area (Å²) in [6.07, 6.45) is 1.76. The molecule has 24 heavy (non-hydrogen) atoms. The van der Waals surface area contributed by atoms with Gasteiger partial charge in [-0.15, -0.1) is 0 Å².